The molecule has 3 rings (SSSR count). The fourth-order valence-electron chi connectivity index (χ4n) is 2.81. The number of halogens is 1. The number of hydrogen-bond donors (Lipinski definition) is 5. The summed E-state index contributed by atoms with van der Waals surface area (Å²) in [5, 5.41) is 41.9. The van der Waals surface area contributed by atoms with E-state index < -0.39 is 36.8 Å². The monoisotopic (exact) mass is 421 g/mol. The van der Waals surface area contributed by atoms with Gasteiger partial charge in [0.1, 0.15) is 41.3 Å². The number of fused-ring (bicyclic) bond motifs is 1. The number of nitrogens with one attached hydrogen (secondary N) is 1. The molecule has 120 valence electrons. The summed E-state index contributed by atoms with van der Waals surface area (Å²) >= 11 is 1.54. The minimum absolute atomic E-state index is 0.230. The van der Waals surface area contributed by atoms with Crippen molar-refractivity contribution in [1.82, 2.24) is 4.98 Å². The summed E-state index contributed by atoms with van der Waals surface area (Å²) in [5.41, 5.74) is -1.07. The quantitative estimate of drug-likeness (QED) is 0.452. The third-order valence-electron chi connectivity index (χ3n) is 4.05. The van der Waals surface area contributed by atoms with E-state index in [1.54, 1.807) is 6.07 Å². The van der Waals surface area contributed by atoms with E-state index in [2.05, 4.69) is 4.98 Å². The highest BCUT2D eigenvalue weighted by Gasteiger charge is 2.57. The predicted octanol–water partition coefficient (Wildman–Crippen LogP) is 0.161. The van der Waals surface area contributed by atoms with Gasteiger partial charge in [-0.3, -0.25) is 3.07 Å². The van der Waals surface area contributed by atoms with Crippen LogP contribution in [0.5, 0.6) is 0 Å². The van der Waals surface area contributed by atoms with E-state index >= 15 is 0 Å². The first-order valence-electron chi connectivity index (χ1n) is 6.72. The van der Waals surface area contributed by atoms with Crippen molar-refractivity contribution in [3.63, 3.8) is 0 Å². The van der Waals surface area contributed by atoms with Crippen LogP contribution in [0.25, 0.3) is 10.9 Å². The van der Waals surface area contributed by atoms with Crippen molar-refractivity contribution < 1.29 is 28.2 Å². The van der Waals surface area contributed by atoms with E-state index in [0.29, 0.717) is 0 Å². The highest BCUT2D eigenvalue weighted by Crippen LogP contribution is 2.39. The molecular formula is C14H16INO6. The summed E-state index contributed by atoms with van der Waals surface area (Å²) in [6, 6.07) is 8.97. The maximum Gasteiger partial charge on any atom is 0.198 e. The number of H-pyrrole nitrogens is 1. The standard InChI is InChI=1S/C14H16INO6/c15-22-13-12(19)14(20,11(18)9(6-17)21-13)10-5-7-3-1-2-4-8(7)16-10/h1-5,9,11-13,16-20H,6H2/t9-,11+,12+,13+,14+/m1/s1. The van der Waals surface area contributed by atoms with Crippen LogP contribution in [-0.2, 0) is 13.4 Å². The Kier molecular flexibility index (Phi) is 4.42. The van der Waals surface area contributed by atoms with Crippen LogP contribution in [0.15, 0.2) is 30.3 Å². The highest BCUT2D eigenvalue weighted by molar-refractivity contribution is 14.1. The first-order chi connectivity index (χ1) is 10.5. The van der Waals surface area contributed by atoms with Gasteiger partial charge in [0.2, 0.25) is 0 Å². The van der Waals surface area contributed by atoms with Crippen LogP contribution in [0.2, 0.25) is 0 Å². The average Bonchev–Trinajstić information content (AvgIpc) is 2.97. The summed E-state index contributed by atoms with van der Waals surface area (Å²) < 4.78 is 10.2. The molecule has 1 saturated heterocycles. The Morgan fingerprint density at radius 1 is 1.27 bits per heavy atom. The van der Waals surface area contributed by atoms with Crippen LogP contribution in [-0.4, -0.2) is 56.6 Å². The molecule has 1 fully saturated rings. The second kappa shape index (κ2) is 6.04. The van der Waals surface area contributed by atoms with Crippen LogP contribution in [0, 0.1) is 0 Å². The number of rotatable bonds is 3. The number of aliphatic hydroxyl groups excluding tert-OH is 3. The van der Waals surface area contributed by atoms with Gasteiger partial charge in [-0.05, 0) is 17.5 Å². The number of ether oxygens (including phenoxy) is 1. The van der Waals surface area contributed by atoms with Crippen molar-refractivity contribution in [2.75, 3.05) is 6.61 Å². The lowest BCUT2D eigenvalue weighted by atomic mass is 9.81. The second-order valence-corrected chi connectivity index (χ2v) is 5.81. The lowest BCUT2D eigenvalue weighted by molar-refractivity contribution is -0.313. The van der Waals surface area contributed by atoms with Gasteiger partial charge in [-0.25, -0.2) is 0 Å². The van der Waals surface area contributed by atoms with Gasteiger partial charge >= 0.3 is 0 Å². The zero-order valence-corrected chi connectivity index (χ0v) is 13.5. The van der Waals surface area contributed by atoms with E-state index in [1.807, 2.05) is 24.3 Å². The first kappa shape index (κ1) is 16.1. The molecule has 1 aliphatic heterocycles. The van der Waals surface area contributed by atoms with Gasteiger partial charge in [0, 0.05) is 5.52 Å². The lowest BCUT2D eigenvalue weighted by Crippen LogP contribution is -2.65. The molecule has 8 heteroatoms. The molecule has 22 heavy (non-hydrogen) atoms. The minimum Gasteiger partial charge on any atom is -0.394 e. The number of benzene rings is 1. The van der Waals surface area contributed by atoms with E-state index in [-0.39, 0.29) is 5.69 Å². The number of aromatic nitrogens is 1. The van der Waals surface area contributed by atoms with Gasteiger partial charge in [-0.2, -0.15) is 0 Å². The molecule has 0 spiro atoms. The SMILES string of the molecule is OC[C@H]1O[C@@H](OI)[C@H](O)[C@](O)(c2cc3ccccc3[nH]2)[C@H]1O. The third kappa shape index (κ3) is 2.35. The van der Waals surface area contributed by atoms with Crippen molar-refractivity contribution >= 4 is 33.9 Å². The predicted molar refractivity (Wildman–Crippen MR) is 85.1 cm³/mol. The normalized spacial score (nSPS) is 35.9. The second-order valence-electron chi connectivity index (χ2n) is 5.30. The molecule has 7 nitrogen and oxygen atoms in total. The van der Waals surface area contributed by atoms with Crippen molar-refractivity contribution in [1.29, 1.82) is 0 Å². The minimum atomic E-state index is -2.06. The Morgan fingerprint density at radius 2 is 2.00 bits per heavy atom. The molecule has 1 aromatic heterocycles. The molecule has 5 atom stereocenters. The molecule has 0 amide bonds. The molecule has 0 bridgehead atoms. The Bertz CT molecular complexity index is 613. The molecule has 0 aliphatic carbocycles. The van der Waals surface area contributed by atoms with Crippen LogP contribution in [0.1, 0.15) is 5.69 Å². The summed E-state index contributed by atoms with van der Waals surface area (Å²) in [5.74, 6) is 0. The Morgan fingerprint density at radius 3 is 2.64 bits per heavy atom. The van der Waals surface area contributed by atoms with Crippen LogP contribution >= 0.6 is 23.0 Å². The van der Waals surface area contributed by atoms with E-state index in [9.17, 15) is 20.4 Å². The van der Waals surface area contributed by atoms with Crippen molar-refractivity contribution in [2.24, 2.45) is 0 Å². The smallest absolute Gasteiger partial charge is 0.198 e. The average molecular weight is 421 g/mol. The van der Waals surface area contributed by atoms with Gasteiger partial charge < -0.3 is 30.1 Å². The summed E-state index contributed by atoms with van der Waals surface area (Å²) in [4.78, 5) is 2.99. The topological polar surface area (TPSA) is 115 Å². The number of aliphatic hydroxyl groups is 4. The largest absolute Gasteiger partial charge is 0.394 e. The van der Waals surface area contributed by atoms with E-state index in [0.717, 1.165) is 10.9 Å². The molecule has 2 heterocycles. The van der Waals surface area contributed by atoms with Gasteiger partial charge in [0.25, 0.3) is 0 Å². The number of para-hydroxylation sites is 1. The van der Waals surface area contributed by atoms with Gasteiger partial charge in [0.15, 0.2) is 11.9 Å². The zero-order chi connectivity index (χ0) is 15.9. The van der Waals surface area contributed by atoms with E-state index in [1.165, 1.54) is 23.0 Å². The Balaban J connectivity index is 2.10. The summed E-state index contributed by atoms with van der Waals surface area (Å²) in [6.07, 6.45) is -5.32. The Hall–Kier alpha value is -0.750. The van der Waals surface area contributed by atoms with E-state index in [4.69, 9.17) is 7.80 Å². The van der Waals surface area contributed by atoms with Gasteiger partial charge in [-0.15, -0.1) is 0 Å². The van der Waals surface area contributed by atoms with Crippen molar-refractivity contribution in [2.45, 2.75) is 30.2 Å². The molecule has 5 N–H and O–H groups in total. The molecule has 1 aliphatic rings. The van der Waals surface area contributed by atoms with Gasteiger partial charge in [0.05, 0.1) is 12.3 Å². The van der Waals surface area contributed by atoms with Crippen LogP contribution in [0.3, 0.4) is 0 Å². The first-order valence-corrected chi connectivity index (χ1v) is 7.61. The molecule has 1 aromatic carbocycles. The third-order valence-corrected chi connectivity index (χ3v) is 4.55. The molecule has 0 saturated carbocycles. The molecule has 0 unspecified atom stereocenters. The van der Waals surface area contributed by atoms with Crippen LogP contribution in [0.4, 0.5) is 0 Å². The van der Waals surface area contributed by atoms with Gasteiger partial charge in [-0.1, -0.05) is 18.2 Å². The number of aromatic amines is 1. The molecule has 2 aromatic rings. The summed E-state index contributed by atoms with van der Waals surface area (Å²) in [7, 11) is 0. The van der Waals surface area contributed by atoms with Crippen LogP contribution < -0.4 is 0 Å². The molecule has 0 radical (unpaired) electrons. The lowest BCUT2D eigenvalue weighted by Gasteiger charge is -2.46. The van der Waals surface area contributed by atoms with Crippen molar-refractivity contribution in [3.05, 3.63) is 36.0 Å². The molecular weight excluding hydrogens is 405 g/mol. The Labute approximate surface area is 140 Å². The fourth-order valence-corrected chi connectivity index (χ4v) is 3.21. The fraction of sp³-hybridized carbons (Fsp3) is 0.429. The zero-order valence-electron chi connectivity index (χ0n) is 11.4. The maximum atomic E-state index is 11.0. The maximum absolute atomic E-state index is 11.0. The summed E-state index contributed by atoms with van der Waals surface area (Å²) in [6.45, 7) is -0.521. The van der Waals surface area contributed by atoms with Crippen molar-refractivity contribution in [3.8, 4) is 0 Å². The number of hydrogen-bond acceptors (Lipinski definition) is 6. The highest BCUT2D eigenvalue weighted by atomic mass is 127.